The van der Waals surface area contributed by atoms with Gasteiger partial charge in [0.2, 0.25) is 5.91 Å². The minimum Gasteiger partial charge on any atom is -0.481 e. The predicted octanol–water partition coefficient (Wildman–Crippen LogP) is 4.51. The van der Waals surface area contributed by atoms with Crippen LogP contribution in [0.2, 0.25) is 0 Å². The Morgan fingerprint density at radius 2 is 1.63 bits per heavy atom. The van der Waals surface area contributed by atoms with Gasteiger partial charge in [0, 0.05) is 19.0 Å². The number of carboxylic acids is 1. The van der Waals surface area contributed by atoms with Gasteiger partial charge in [-0.1, -0.05) is 76.2 Å². The first-order valence-corrected chi connectivity index (χ1v) is 12.2. The third-order valence-corrected chi connectivity index (χ3v) is 7.25. The number of carboxylic acid groups (broad SMARTS) is 1. The number of likely N-dealkylation sites (tertiary alicyclic amines) is 1. The molecule has 1 heterocycles. The molecule has 2 aromatic carbocycles. The van der Waals surface area contributed by atoms with Crippen molar-refractivity contribution in [1.29, 1.82) is 0 Å². The van der Waals surface area contributed by atoms with E-state index in [1.54, 1.807) is 4.90 Å². The van der Waals surface area contributed by atoms with Gasteiger partial charge in [0.25, 0.3) is 0 Å². The van der Waals surface area contributed by atoms with Crippen LogP contribution in [0.5, 0.6) is 0 Å². The lowest BCUT2D eigenvalue weighted by Crippen LogP contribution is -2.57. The van der Waals surface area contributed by atoms with Gasteiger partial charge in [-0.05, 0) is 40.0 Å². The van der Waals surface area contributed by atoms with E-state index >= 15 is 0 Å². The maximum Gasteiger partial charge on any atom is 0.407 e. The van der Waals surface area contributed by atoms with Gasteiger partial charge in [0.05, 0.1) is 5.92 Å². The number of carbonyl (C=O) groups is 3. The van der Waals surface area contributed by atoms with Crippen molar-refractivity contribution in [2.75, 3.05) is 19.7 Å². The highest BCUT2D eigenvalue weighted by Gasteiger charge is 2.40. The second kappa shape index (κ2) is 9.72. The van der Waals surface area contributed by atoms with E-state index < -0.39 is 29.4 Å². The number of rotatable bonds is 5. The lowest BCUT2D eigenvalue weighted by Gasteiger charge is -2.39. The number of ether oxygens (including phenoxy) is 1. The zero-order chi connectivity index (χ0) is 25.3. The van der Waals surface area contributed by atoms with Gasteiger partial charge in [-0.15, -0.1) is 0 Å². The summed E-state index contributed by atoms with van der Waals surface area (Å²) in [6.45, 7) is 8.43. The summed E-state index contributed by atoms with van der Waals surface area (Å²) in [5.41, 5.74) is 4.01. The molecule has 1 aliphatic heterocycles. The van der Waals surface area contributed by atoms with Gasteiger partial charge in [-0.3, -0.25) is 9.59 Å². The maximum absolute atomic E-state index is 13.4. The zero-order valence-corrected chi connectivity index (χ0v) is 20.8. The first-order valence-electron chi connectivity index (χ1n) is 12.2. The highest BCUT2D eigenvalue weighted by molar-refractivity contribution is 5.87. The molecule has 2 N–H and O–H groups in total. The molecule has 1 fully saturated rings. The lowest BCUT2D eigenvalue weighted by atomic mass is 9.83. The molecule has 2 aliphatic rings. The highest BCUT2D eigenvalue weighted by Crippen LogP contribution is 2.44. The molecule has 2 aromatic rings. The van der Waals surface area contributed by atoms with Crippen molar-refractivity contribution in [3.8, 4) is 11.1 Å². The number of fused-ring (bicyclic) bond motifs is 3. The summed E-state index contributed by atoms with van der Waals surface area (Å²) in [5.74, 6) is -1.70. The molecule has 3 atom stereocenters. The fourth-order valence-electron chi connectivity index (χ4n) is 5.30. The third-order valence-electron chi connectivity index (χ3n) is 7.25. The van der Waals surface area contributed by atoms with Crippen LogP contribution < -0.4 is 5.32 Å². The normalized spacial score (nSPS) is 20.5. The summed E-state index contributed by atoms with van der Waals surface area (Å²) < 4.78 is 5.67. The Hall–Kier alpha value is -3.35. The van der Waals surface area contributed by atoms with Gasteiger partial charge in [-0.25, -0.2) is 4.79 Å². The molecule has 2 amide bonds. The summed E-state index contributed by atoms with van der Waals surface area (Å²) in [7, 11) is 0. The van der Waals surface area contributed by atoms with Crippen LogP contribution in [-0.2, 0) is 14.3 Å². The number of alkyl carbamates (subject to hydrolysis) is 1. The SMILES string of the molecule is CC1CN(C(=O)[C@@H](NC(=O)OCC2c3ccccc3-c3ccccc32)C(C)(C)C)CCC1C(=O)O. The molecule has 4 rings (SSSR count). The van der Waals surface area contributed by atoms with Gasteiger partial charge < -0.3 is 20.1 Å². The number of amides is 2. The van der Waals surface area contributed by atoms with Crippen molar-refractivity contribution in [2.24, 2.45) is 17.3 Å². The second-order valence-corrected chi connectivity index (χ2v) is 10.8. The van der Waals surface area contributed by atoms with Crippen LogP contribution >= 0.6 is 0 Å². The van der Waals surface area contributed by atoms with Crippen molar-refractivity contribution in [3.05, 3.63) is 59.7 Å². The summed E-state index contributed by atoms with van der Waals surface area (Å²) in [6, 6.07) is 15.5. The van der Waals surface area contributed by atoms with Gasteiger partial charge in [-0.2, -0.15) is 0 Å². The standard InChI is InChI=1S/C28H34N2O5/c1-17-15-30(14-13-18(17)26(32)33)25(31)24(28(2,3)4)29-27(34)35-16-23-21-11-7-5-9-19(21)20-10-6-8-12-22(20)23/h5-12,17-18,23-24H,13-16H2,1-4H3,(H,29,34)(H,32,33)/t17?,18?,24-/m1/s1. The lowest BCUT2D eigenvalue weighted by molar-refractivity contribution is -0.149. The smallest absolute Gasteiger partial charge is 0.407 e. The van der Waals surface area contributed by atoms with E-state index in [1.165, 1.54) is 0 Å². The third kappa shape index (κ3) is 5.04. The van der Waals surface area contributed by atoms with E-state index in [-0.39, 0.29) is 24.3 Å². The molecule has 7 nitrogen and oxygen atoms in total. The summed E-state index contributed by atoms with van der Waals surface area (Å²) >= 11 is 0. The Morgan fingerprint density at radius 1 is 1.06 bits per heavy atom. The molecular formula is C28H34N2O5. The monoisotopic (exact) mass is 478 g/mol. The number of aliphatic carboxylic acids is 1. The van der Waals surface area contributed by atoms with Crippen LogP contribution in [0.3, 0.4) is 0 Å². The molecule has 0 spiro atoms. The number of nitrogens with zero attached hydrogens (tertiary/aromatic N) is 1. The Labute approximate surface area is 206 Å². The summed E-state index contributed by atoms with van der Waals surface area (Å²) in [5, 5.41) is 12.2. The van der Waals surface area contributed by atoms with E-state index in [2.05, 4.69) is 29.6 Å². The van der Waals surface area contributed by atoms with Crippen molar-refractivity contribution < 1.29 is 24.2 Å². The first-order chi connectivity index (χ1) is 16.6. The molecule has 0 saturated carbocycles. The molecule has 35 heavy (non-hydrogen) atoms. The second-order valence-electron chi connectivity index (χ2n) is 10.8. The van der Waals surface area contributed by atoms with E-state index in [4.69, 9.17) is 4.74 Å². The average Bonchev–Trinajstić information content (AvgIpc) is 3.13. The number of carbonyl (C=O) groups excluding carboxylic acids is 2. The Morgan fingerprint density at radius 3 is 2.14 bits per heavy atom. The van der Waals surface area contributed by atoms with E-state index in [0.29, 0.717) is 19.5 Å². The van der Waals surface area contributed by atoms with Crippen LogP contribution in [0.1, 0.15) is 51.2 Å². The van der Waals surface area contributed by atoms with Crippen molar-refractivity contribution >= 4 is 18.0 Å². The fourth-order valence-corrected chi connectivity index (χ4v) is 5.30. The maximum atomic E-state index is 13.4. The Balaban J connectivity index is 1.43. The molecule has 0 radical (unpaired) electrons. The number of nitrogens with one attached hydrogen (secondary N) is 1. The fraction of sp³-hybridized carbons (Fsp3) is 0.464. The predicted molar refractivity (Wildman–Crippen MR) is 133 cm³/mol. The van der Waals surface area contributed by atoms with Crippen LogP contribution in [0.4, 0.5) is 4.79 Å². The van der Waals surface area contributed by atoms with E-state index in [1.807, 2.05) is 52.0 Å². The van der Waals surface area contributed by atoms with Crippen LogP contribution in [0.25, 0.3) is 11.1 Å². The molecule has 1 saturated heterocycles. The quantitative estimate of drug-likeness (QED) is 0.659. The van der Waals surface area contributed by atoms with Crippen LogP contribution in [0, 0.1) is 17.3 Å². The van der Waals surface area contributed by atoms with E-state index in [9.17, 15) is 19.5 Å². The highest BCUT2D eigenvalue weighted by atomic mass is 16.5. The minimum atomic E-state index is -0.825. The Bertz CT molecular complexity index is 1080. The van der Waals surface area contributed by atoms with Gasteiger partial charge >= 0.3 is 12.1 Å². The van der Waals surface area contributed by atoms with Crippen molar-refractivity contribution in [2.45, 2.75) is 46.1 Å². The Kier molecular flexibility index (Phi) is 6.88. The molecule has 0 aromatic heterocycles. The molecule has 1 aliphatic carbocycles. The largest absolute Gasteiger partial charge is 0.481 e. The molecular weight excluding hydrogens is 444 g/mol. The van der Waals surface area contributed by atoms with Crippen molar-refractivity contribution in [3.63, 3.8) is 0 Å². The van der Waals surface area contributed by atoms with Crippen molar-refractivity contribution in [1.82, 2.24) is 10.2 Å². The number of hydrogen-bond acceptors (Lipinski definition) is 4. The minimum absolute atomic E-state index is 0.0622. The summed E-state index contributed by atoms with van der Waals surface area (Å²) in [6.07, 6.45) is -0.224. The summed E-state index contributed by atoms with van der Waals surface area (Å²) in [4.78, 5) is 39.4. The number of benzene rings is 2. The molecule has 186 valence electrons. The van der Waals surface area contributed by atoms with Gasteiger partial charge in [0.15, 0.2) is 0 Å². The van der Waals surface area contributed by atoms with E-state index in [0.717, 1.165) is 22.3 Å². The van der Waals surface area contributed by atoms with Gasteiger partial charge in [0.1, 0.15) is 12.6 Å². The zero-order valence-electron chi connectivity index (χ0n) is 20.8. The number of piperidine rings is 1. The number of hydrogen-bond donors (Lipinski definition) is 2. The average molecular weight is 479 g/mol. The van der Waals surface area contributed by atoms with Crippen LogP contribution in [0.15, 0.2) is 48.5 Å². The van der Waals surface area contributed by atoms with Crippen LogP contribution in [-0.4, -0.2) is 53.7 Å². The molecule has 0 bridgehead atoms. The topological polar surface area (TPSA) is 95.9 Å². The first kappa shape index (κ1) is 24.8. The molecule has 7 heteroatoms. The molecule has 2 unspecified atom stereocenters.